The van der Waals surface area contributed by atoms with Crippen molar-refractivity contribution in [2.24, 2.45) is 17.8 Å². The van der Waals surface area contributed by atoms with Crippen LogP contribution in [0.4, 0.5) is 17.6 Å². The predicted octanol–water partition coefficient (Wildman–Crippen LogP) is 2.67. The van der Waals surface area contributed by atoms with Gasteiger partial charge in [0.2, 0.25) is 23.5 Å². The largest absolute Gasteiger partial charge is 0.493 e. The van der Waals surface area contributed by atoms with E-state index in [0.29, 0.717) is 43.4 Å². The van der Waals surface area contributed by atoms with Gasteiger partial charge in [0.15, 0.2) is 0 Å². The number of piperidine rings is 1. The number of carbonyl (C=O) groups is 1. The number of amides is 1. The molecule has 1 saturated heterocycles. The zero-order valence-electron chi connectivity index (χ0n) is 19.6. The number of nitrogen functional groups attached to an aromatic ring is 1. The maximum atomic E-state index is 13.0. The number of rotatable bonds is 7. The molecule has 1 amide bonds. The molecule has 1 aliphatic heterocycles. The first-order valence-electron chi connectivity index (χ1n) is 11.7. The highest BCUT2D eigenvalue weighted by atomic mass is 16.5. The van der Waals surface area contributed by atoms with Crippen LogP contribution in [-0.4, -0.2) is 62.6 Å². The summed E-state index contributed by atoms with van der Waals surface area (Å²) in [4.78, 5) is 33.5. The second kappa shape index (κ2) is 8.91. The lowest BCUT2D eigenvalue weighted by Crippen LogP contribution is -2.32. The van der Waals surface area contributed by atoms with Gasteiger partial charge in [0.25, 0.3) is 0 Å². The maximum absolute atomic E-state index is 13.0. The molecule has 182 valence electrons. The number of nitrogens with zero attached hydrogens (tertiary/aromatic N) is 7. The molecule has 11 nitrogen and oxygen atoms in total. The molecule has 11 heteroatoms. The Labute approximate surface area is 206 Å². The summed E-state index contributed by atoms with van der Waals surface area (Å²) < 4.78 is 11.2. The third kappa shape index (κ3) is 4.19. The van der Waals surface area contributed by atoms with Gasteiger partial charge in [-0.2, -0.15) is 19.9 Å². The van der Waals surface area contributed by atoms with E-state index in [1.54, 1.807) is 9.80 Å². The lowest BCUT2D eigenvalue weighted by atomic mass is 10.2. The normalized spacial score (nSPS) is 20.1. The van der Waals surface area contributed by atoms with Gasteiger partial charge in [-0.05, 0) is 36.1 Å². The minimum absolute atomic E-state index is 0.0128. The van der Waals surface area contributed by atoms with E-state index in [4.69, 9.17) is 15.0 Å². The molecule has 1 saturated carbocycles. The molecule has 1 aliphatic carbocycles. The van der Waals surface area contributed by atoms with Crippen LogP contribution in [0.2, 0.25) is 0 Å². The van der Waals surface area contributed by atoms with E-state index in [0.717, 1.165) is 11.4 Å². The second-order valence-corrected chi connectivity index (χ2v) is 8.96. The van der Waals surface area contributed by atoms with Gasteiger partial charge in [-0.25, -0.2) is 0 Å². The fourth-order valence-corrected chi connectivity index (χ4v) is 4.71. The van der Waals surface area contributed by atoms with E-state index in [9.17, 15) is 4.79 Å². The maximum Gasteiger partial charge on any atom is 0.316 e. The topological polar surface area (TPSA) is 136 Å². The van der Waals surface area contributed by atoms with Crippen LogP contribution in [0.5, 0.6) is 5.75 Å². The molecule has 4 aromatic rings. The number of benzene rings is 2. The van der Waals surface area contributed by atoms with Crippen LogP contribution in [0.25, 0.3) is 11.6 Å². The lowest BCUT2D eigenvalue weighted by molar-refractivity contribution is 0.0712. The van der Waals surface area contributed by atoms with Gasteiger partial charge in [0.1, 0.15) is 5.75 Å². The summed E-state index contributed by atoms with van der Waals surface area (Å²) in [5.41, 5.74) is 6.79. The lowest BCUT2D eigenvalue weighted by Gasteiger charge is -2.18. The molecule has 2 N–H and O–H groups in total. The van der Waals surface area contributed by atoms with Crippen molar-refractivity contribution >= 4 is 23.5 Å². The smallest absolute Gasteiger partial charge is 0.316 e. The quantitative estimate of drug-likeness (QED) is 0.417. The minimum atomic E-state index is -0.299. The summed E-state index contributed by atoms with van der Waals surface area (Å²) in [5.74, 6) is 2.33. The Balaban J connectivity index is 1.10. The molecule has 1 unspecified atom stereocenters. The molecular formula is C25H24N8O3. The summed E-state index contributed by atoms with van der Waals surface area (Å²) >= 11 is 0. The van der Waals surface area contributed by atoms with Gasteiger partial charge in [-0.15, -0.1) is 0 Å². The van der Waals surface area contributed by atoms with Gasteiger partial charge in [0.05, 0.1) is 6.61 Å². The van der Waals surface area contributed by atoms with E-state index in [1.165, 1.54) is 0 Å². The molecule has 0 spiro atoms. The monoisotopic (exact) mass is 484 g/mol. The highest BCUT2D eigenvalue weighted by Gasteiger charge is 2.57. The number of anilines is 3. The van der Waals surface area contributed by atoms with Crippen LogP contribution in [0.3, 0.4) is 0 Å². The first kappa shape index (κ1) is 22.0. The number of para-hydroxylation sites is 2. The summed E-state index contributed by atoms with van der Waals surface area (Å²) in [7, 11) is 1.82. The molecule has 0 radical (unpaired) electrons. The number of hydrogen-bond donors (Lipinski definition) is 1. The number of carbonyl (C=O) groups excluding carboxylic acids is 1. The summed E-state index contributed by atoms with van der Waals surface area (Å²) in [6, 6.07) is 19.4. The van der Waals surface area contributed by atoms with Gasteiger partial charge < -0.3 is 24.8 Å². The first-order chi connectivity index (χ1) is 17.6. The van der Waals surface area contributed by atoms with Crippen molar-refractivity contribution < 1.29 is 14.1 Å². The Kier molecular flexibility index (Phi) is 5.44. The van der Waals surface area contributed by atoms with Crippen LogP contribution >= 0.6 is 0 Å². The molecule has 3 heterocycles. The van der Waals surface area contributed by atoms with Crippen molar-refractivity contribution in [1.82, 2.24) is 30.0 Å². The van der Waals surface area contributed by atoms with E-state index < -0.39 is 0 Å². The Bertz CT molecular complexity index is 1370. The van der Waals surface area contributed by atoms with Crippen LogP contribution in [0.15, 0.2) is 65.2 Å². The summed E-state index contributed by atoms with van der Waals surface area (Å²) in [6.45, 7) is 1.95. The standard InChI is InChI=1S/C25H24N8O3/c1-32(15-8-4-2-5-9-15)25-29-20(28-24(26)30-25)21-27-22(36-31-21)23(34)33-12-17-18(13-33)19(17)14-35-16-10-6-3-7-11-16/h2-11,17-19H,12-14H2,1H3,(H2,26,28,29,30)/t17-,18+,19?. The molecule has 3 atom stereocenters. The number of hydrogen-bond acceptors (Lipinski definition) is 10. The fraction of sp³-hybridized carbons (Fsp3) is 0.280. The first-order valence-corrected chi connectivity index (χ1v) is 11.7. The average molecular weight is 485 g/mol. The Morgan fingerprint density at radius 2 is 1.69 bits per heavy atom. The van der Waals surface area contributed by atoms with E-state index in [2.05, 4.69) is 25.1 Å². The van der Waals surface area contributed by atoms with Crippen LogP contribution < -0.4 is 15.4 Å². The molecule has 36 heavy (non-hydrogen) atoms. The van der Waals surface area contributed by atoms with E-state index in [1.807, 2.05) is 67.7 Å². The van der Waals surface area contributed by atoms with Crippen molar-refractivity contribution in [3.63, 3.8) is 0 Å². The Hall–Kier alpha value is -4.54. The minimum Gasteiger partial charge on any atom is -0.493 e. The number of fused-ring (bicyclic) bond motifs is 1. The highest BCUT2D eigenvalue weighted by molar-refractivity contribution is 5.90. The van der Waals surface area contributed by atoms with Crippen LogP contribution in [0, 0.1) is 17.8 Å². The number of ether oxygens (including phenoxy) is 1. The molecule has 6 rings (SSSR count). The third-order valence-corrected chi connectivity index (χ3v) is 6.74. The highest BCUT2D eigenvalue weighted by Crippen LogP contribution is 2.52. The van der Waals surface area contributed by atoms with Crippen molar-refractivity contribution in [2.45, 2.75) is 0 Å². The van der Waals surface area contributed by atoms with Crippen molar-refractivity contribution in [3.8, 4) is 17.4 Å². The third-order valence-electron chi connectivity index (χ3n) is 6.74. The summed E-state index contributed by atoms with van der Waals surface area (Å²) in [6.07, 6.45) is 0. The summed E-state index contributed by atoms with van der Waals surface area (Å²) in [5, 5.41) is 3.92. The number of aromatic nitrogens is 5. The predicted molar refractivity (Wildman–Crippen MR) is 130 cm³/mol. The molecule has 2 aromatic heterocycles. The second-order valence-electron chi connectivity index (χ2n) is 8.96. The molecule has 2 fully saturated rings. The SMILES string of the molecule is CN(c1ccccc1)c1nc(N)nc(-c2noc(C(=O)N3C[C@@H]4C(COc5ccccc5)[C@@H]4C3)n2)n1. The van der Waals surface area contributed by atoms with Gasteiger partial charge >= 0.3 is 11.8 Å². The molecule has 0 bridgehead atoms. The molecular weight excluding hydrogens is 460 g/mol. The number of nitrogens with two attached hydrogens (primary N) is 1. The Morgan fingerprint density at radius 3 is 2.42 bits per heavy atom. The Morgan fingerprint density at radius 1 is 1.00 bits per heavy atom. The van der Waals surface area contributed by atoms with Gasteiger partial charge in [0, 0.05) is 31.7 Å². The fourth-order valence-electron chi connectivity index (χ4n) is 4.71. The van der Waals surface area contributed by atoms with Crippen molar-refractivity contribution in [2.75, 3.05) is 37.4 Å². The van der Waals surface area contributed by atoms with Crippen molar-refractivity contribution in [1.29, 1.82) is 0 Å². The zero-order chi connectivity index (χ0) is 24.6. The van der Waals surface area contributed by atoms with Crippen LogP contribution in [0.1, 0.15) is 10.7 Å². The van der Waals surface area contributed by atoms with Crippen LogP contribution in [-0.2, 0) is 0 Å². The zero-order valence-corrected chi connectivity index (χ0v) is 19.6. The average Bonchev–Trinajstić information content (AvgIpc) is 3.26. The number of likely N-dealkylation sites (tertiary alicyclic amines) is 1. The van der Waals surface area contributed by atoms with Gasteiger partial charge in [-0.3, -0.25) is 4.79 Å². The molecule has 2 aliphatic rings. The van der Waals surface area contributed by atoms with Crippen molar-refractivity contribution in [3.05, 3.63) is 66.6 Å². The van der Waals surface area contributed by atoms with E-state index in [-0.39, 0.29) is 29.4 Å². The molecule has 2 aromatic carbocycles. The van der Waals surface area contributed by atoms with E-state index >= 15 is 0 Å². The van der Waals surface area contributed by atoms with Gasteiger partial charge in [-0.1, -0.05) is 41.6 Å².